The van der Waals surface area contributed by atoms with Gasteiger partial charge < -0.3 is 16.8 Å². The van der Waals surface area contributed by atoms with Crippen molar-refractivity contribution in [3.63, 3.8) is 0 Å². The monoisotopic (exact) mass is 176 g/mol. The third kappa shape index (κ3) is 2.10. The lowest BCUT2D eigenvalue weighted by atomic mass is 10.2. The highest BCUT2D eigenvalue weighted by atomic mass is 16.2. The number of anilines is 2. The molecule has 66 valence electrons. The van der Waals surface area contributed by atoms with E-state index >= 15 is 0 Å². The Morgan fingerprint density at radius 1 is 1.54 bits per heavy atom. The maximum atomic E-state index is 10.5. The summed E-state index contributed by atoms with van der Waals surface area (Å²) in [5.74, 6) is 0. The molecule has 5 heteroatoms. The number of nitrogen functional groups attached to an aromatic ring is 1. The van der Waals surface area contributed by atoms with E-state index in [4.69, 9.17) is 16.7 Å². The molecular formula is C8H8N4O. The van der Waals surface area contributed by atoms with E-state index in [1.807, 2.05) is 6.07 Å². The molecule has 1 aromatic rings. The first-order valence-electron chi connectivity index (χ1n) is 3.49. The summed E-state index contributed by atoms with van der Waals surface area (Å²) in [6, 6.07) is 5.77. The van der Waals surface area contributed by atoms with Crippen LogP contribution in [-0.4, -0.2) is 6.03 Å². The fourth-order valence-electron chi connectivity index (χ4n) is 0.879. The molecule has 2 amide bonds. The van der Waals surface area contributed by atoms with Gasteiger partial charge in [-0.1, -0.05) is 0 Å². The molecule has 0 bridgehead atoms. The van der Waals surface area contributed by atoms with E-state index in [1.165, 1.54) is 12.1 Å². The van der Waals surface area contributed by atoms with Crippen molar-refractivity contribution in [3.8, 4) is 6.07 Å². The minimum atomic E-state index is -0.684. The summed E-state index contributed by atoms with van der Waals surface area (Å²) in [7, 11) is 0. The van der Waals surface area contributed by atoms with Crippen LogP contribution in [0.25, 0.3) is 0 Å². The highest BCUT2D eigenvalue weighted by molar-refractivity contribution is 5.91. The van der Waals surface area contributed by atoms with Gasteiger partial charge in [-0.05, 0) is 18.2 Å². The summed E-state index contributed by atoms with van der Waals surface area (Å²) >= 11 is 0. The first-order chi connectivity index (χ1) is 6.13. The van der Waals surface area contributed by atoms with Crippen LogP contribution in [0.15, 0.2) is 18.2 Å². The molecule has 0 aromatic heterocycles. The molecule has 13 heavy (non-hydrogen) atoms. The van der Waals surface area contributed by atoms with Crippen molar-refractivity contribution in [2.75, 3.05) is 11.1 Å². The number of nitrogens with one attached hydrogen (secondary N) is 1. The van der Waals surface area contributed by atoms with Gasteiger partial charge in [0.2, 0.25) is 0 Å². The number of nitrogens with zero attached hydrogens (tertiary/aromatic N) is 1. The summed E-state index contributed by atoms with van der Waals surface area (Å²) in [5.41, 5.74) is 11.6. The lowest BCUT2D eigenvalue weighted by Gasteiger charge is -2.04. The van der Waals surface area contributed by atoms with Crippen molar-refractivity contribution >= 4 is 17.4 Å². The Balaban J connectivity index is 3.00. The average Bonchev–Trinajstić information content (AvgIpc) is 2.08. The molecule has 0 fully saturated rings. The number of urea groups is 1. The minimum Gasteiger partial charge on any atom is -0.397 e. The largest absolute Gasteiger partial charge is 0.397 e. The maximum Gasteiger partial charge on any atom is 0.316 e. The van der Waals surface area contributed by atoms with E-state index in [9.17, 15) is 4.79 Å². The molecule has 5 nitrogen and oxygen atoms in total. The molecule has 0 aliphatic rings. The van der Waals surface area contributed by atoms with Gasteiger partial charge in [0.1, 0.15) is 0 Å². The van der Waals surface area contributed by atoms with E-state index < -0.39 is 6.03 Å². The Hall–Kier alpha value is -2.22. The summed E-state index contributed by atoms with van der Waals surface area (Å²) in [6.45, 7) is 0. The van der Waals surface area contributed by atoms with Crippen LogP contribution in [0.1, 0.15) is 5.56 Å². The van der Waals surface area contributed by atoms with Crippen molar-refractivity contribution in [1.29, 1.82) is 5.26 Å². The third-order valence-electron chi connectivity index (χ3n) is 1.44. The second-order valence-corrected chi connectivity index (χ2v) is 2.40. The molecule has 0 atom stereocenters. The predicted molar refractivity (Wildman–Crippen MR) is 48.8 cm³/mol. The highest BCUT2D eigenvalue weighted by Crippen LogP contribution is 2.18. The number of amides is 2. The number of carbonyl (C=O) groups excluding carboxylic acids is 1. The highest BCUT2D eigenvalue weighted by Gasteiger charge is 2.01. The molecule has 5 N–H and O–H groups in total. The van der Waals surface area contributed by atoms with E-state index in [1.54, 1.807) is 6.07 Å². The topological polar surface area (TPSA) is 105 Å². The predicted octanol–water partition coefficient (Wildman–Crippen LogP) is 0.631. The smallest absolute Gasteiger partial charge is 0.316 e. The Bertz CT molecular complexity index is 380. The Labute approximate surface area is 74.9 Å². The molecule has 0 unspecified atom stereocenters. The molecular weight excluding hydrogens is 168 g/mol. The van der Waals surface area contributed by atoms with Crippen LogP contribution in [0.5, 0.6) is 0 Å². The van der Waals surface area contributed by atoms with Crippen LogP contribution in [0, 0.1) is 11.3 Å². The van der Waals surface area contributed by atoms with Crippen molar-refractivity contribution in [2.24, 2.45) is 5.73 Å². The number of benzene rings is 1. The van der Waals surface area contributed by atoms with Crippen LogP contribution >= 0.6 is 0 Å². The second-order valence-electron chi connectivity index (χ2n) is 2.40. The van der Waals surface area contributed by atoms with Gasteiger partial charge in [-0.25, -0.2) is 4.79 Å². The standard InChI is InChI=1S/C8H8N4O/c9-4-5-1-2-7(6(10)3-5)12-8(11)13/h1-3H,10H2,(H3,11,12,13). The van der Waals surface area contributed by atoms with Gasteiger partial charge in [-0.15, -0.1) is 0 Å². The van der Waals surface area contributed by atoms with Gasteiger partial charge in [0.05, 0.1) is 23.0 Å². The van der Waals surface area contributed by atoms with Gasteiger partial charge >= 0.3 is 6.03 Å². The van der Waals surface area contributed by atoms with E-state index in [-0.39, 0.29) is 0 Å². The van der Waals surface area contributed by atoms with Gasteiger partial charge in [0, 0.05) is 0 Å². The van der Waals surface area contributed by atoms with Crippen LogP contribution in [0.3, 0.4) is 0 Å². The zero-order valence-corrected chi connectivity index (χ0v) is 6.74. The number of hydrogen-bond donors (Lipinski definition) is 3. The Morgan fingerprint density at radius 2 is 2.23 bits per heavy atom. The summed E-state index contributed by atoms with van der Waals surface area (Å²) < 4.78 is 0. The quantitative estimate of drug-likeness (QED) is 0.546. The SMILES string of the molecule is N#Cc1ccc(NC(N)=O)c(N)c1. The molecule has 0 aliphatic carbocycles. The van der Waals surface area contributed by atoms with E-state index in [0.29, 0.717) is 16.9 Å². The fraction of sp³-hybridized carbons (Fsp3) is 0. The fourth-order valence-corrected chi connectivity index (χ4v) is 0.879. The summed E-state index contributed by atoms with van der Waals surface area (Å²) in [6.07, 6.45) is 0. The number of primary amides is 1. The molecule has 0 saturated heterocycles. The van der Waals surface area contributed by atoms with E-state index in [0.717, 1.165) is 0 Å². The number of nitrogens with two attached hydrogens (primary N) is 2. The Kier molecular flexibility index (Phi) is 2.36. The Morgan fingerprint density at radius 3 is 2.69 bits per heavy atom. The van der Waals surface area contributed by atoms with Gasteiger partial charge in [0.15, 0.2) is 0 Å². The first kappa shape index (κ1) is 8.87. The van der Waals surface area contributed by atoms with Gasteiger partial charge in [-0.3, -0.25) is 0 Å². The zero-order chi connectivity index (χ0) is 9.84. The molecule has 0 aliphatic heterocycles. The molecule has 0 spiro atoms. The molecule has 1 aromatic carbocycles. The minimum absolute atomic E-state index is 0.317. The zero-order valence-electron chi connectivity index (χ0n) is 6.74. The second kappa shape index (κ2) is 3.45. The average molecular weight is 176 g/mol. The first-order valence-corrected chi connectivity index (χ1v) is 3.49. The lowest BCUT2D eigenvalue weighted by molar-refractivity contribution is 0.259. The molecule has 0 heterocycles. The molecule has 0 radical (unpaired) electrons. The van der Waals surface area contributed by atoms with Crippen LogP contribution in [0.2, 0.25) is 0 Å². The van der Waals surface area contributed by atoms with Crippen molar-refractivity contribution < 1.29 is 4.79 Å². The van der Waals surface area contributed by atoms with Crippen molar-refractivity contribution in [3.05, 3.63) is 23.8 Å². The normalized spacial score (nSPS) is 8.85. The van der Waals surface area contributed by atoms with E-state index in [2.05, 4.69) is 5.32 Å². The number of carbonyl (C=O) groups is 1. The third-order valence-corrected chi connectivity index (χ3v) is 1.44. The van der Waals surface area contributed by atoms with Crippen molar-refractivity contribution in [2.45, 2.75) is 0 Å². The van der Waals surface area contributed by atoms with Gasteiger partial charge in [-0.2, -0.15) is 5.26 Å². The lowest BCUT2D eigenvalue weighted by Crippen LogP contribution is -2.20. The number of nitriles is 1. The number of hydrogen-bond acceptors (Lipinski definition) is 3. The van der Waals surface area contributed by atoms with Crippen molar-refractivity contribution in [1.82, 2.24) is 0 Å². The van der Waals surface area contributed by atoms with Crippen LogP contribution in [0.4, 0.5) is 16.2 Å². The van der Waals surface area contributed by atoms with Crippen LogP contribution in [-0.2, 0) is 0 Å². The van der Waals surface area contributed by atoms with Crippen LogP contribution < -0.4 is 16.8 Å². The maximum absolute atomic E-state index is 10.5. The number of rotatable bonds is 1. The summed E-state index contributed by atoms with van der Waals surface area (Å²) in [5, 5.41) is 10.8. The molecule has 0 saturated carbocycles. The summed E-state index contributed by atoms with van der Waals surface area (Å²) in [4.78, 5) is 10.5. The van der Waals surface area contributed by atoms with Gasteiger partial charge in [0.25, 0.3) is 0 Å². The molecule has 1 rings (SSSR count).